The second kappa shape index (κ2) is 13.2. The van der Waals surface area contributed by atoms with E-state index in [0.29, 0.717) is 73.2 Å². The lowest BCUT2D eigenvalue weighted by Crippen LogP contribution is -2.29. The first-order chi connectivity index (χ1) is 24.3. The van der Waals surface area contributed by atoms with Gasteiger partial charge in [-0.05, 0) is 60.3 Å². The standard InChI is InChI=1S/C26H30Cl2N18O4/c1-3-45-39-18(37-41-45)11-5-6-12(49-11)43-9-31-13-19(33-25(27)35-22(13)43)29-7-8-30-20-14-23(36-26(28)34-20)44(10-32-14)24-16(48)15(47)17(50-24)21-38-42-46(4-2)40-21/h9-12,15-17,24,47-48H,3-8H2,1-2H3,(H,29,33,35)(H,30,34,36)/t11-,12+,15-,16+,17-,24+/m0/s1. The summed E-state index contributed by atoms with van der Waals surface area (Å²) < 4.78 is 15.5. The normalized spacial score (nSPS) is 23.8. The van der Waals surface area contributed by atoms with Crippen molar-refractivity contribution in [1.29, 1.82) is 0 Å². The van der Waals surface area contributed by atoms with Crippen molar-refractivity contribution in [3.05, 3.63) is 34.9 Å². The van der Waals surface area contributed by atoms with Crippen molar-refractivity contribution in [3.8, 4) is 0 Å². The molecule has 8 heterocycles. The second-order valence-corrected chi connectivity index (χ2v) is 12.1. The number of rotatable bonds is 11. The molecular formula is C26H30Cl2N18O4. The molecule has 2 aliphatic rings. The van der Waals surface area contributed by atoms with Gasteiger partial charge >= 0.3 is 0 Å². The number of hydrogen-bond acceptors (Lipinski definition) is 18. The average molecular weight is 730 g/mol. The van der Waals surface area contributed by atoms with Crippen LogP contribution >= 0.6 is 23.2 Å². The molecule has 24 heteroatoms. The molecule has 2 saturated heterocycles. The molecule has 0 unspecified atom stereocenters. The van der Waals surface area contributed by atoms with Crippen LogP contribution in [0.1, 0.15) is 63.0 Å². The quantitative estimate of drug-likeness (QED) is 0.106. The van der Waals surface area contributed by atoms with Crippen molar-refractivity contribution in [3.63, 3.8) is 0 Å². The number of nitrogens with zero attached hydrogens (tertiary/aromatic N) is 16. The van der Waals surface area contributed by atoms with Gasteiger partial charge in [0.25, 0.3) is 0 Å². The number of aliphatic hydroxyl groups is 2. The number of halogens is 2. The van der Waals surface area contributed by atoms with E-state index in [1.165, 1.54) is 20.5 Å². The number of fused-ring (bicyclic) bond motifs is 2. The lowest BCUT2D eigenvalue weighted by Gasteiger charge is -2.16. The van der Waals surface area contributed by atoms with Gasteiger partial charge in [-0.2, -0.15) is 29.5 Å². The molecule has 22 nitrogen and oxygen atoms in total. The maximum absolute atomic E-state index is 10.9. The molecule has 2 aliphatic heterocycles. The summed E-state index contributed by atoms with van der Waals surface area (Å²) in [6.45, 7) is 5.60. The smallest absolute Gasteiger partial charge is 0.226 e. The summed E-state index contributed by atoms with van der Waals surface area (Å²) in [5.41, 5.74) is 1.68. The van der Waals surface area contributed by atoms with Gasteiger partial charge in [0.15, 0.2) is 46.3 Å². The SMILES string of the molecule is CCn1nnc([C@@H]2CC[C@H](n3cnc4c(NCCNc5nc(Cl)nc6c5ncn6[C@@H]5O[C@H](c6nnn(CC)n6)[C@@H](O)[C@H]5O)nc(Cl)nc43)O2)n1. The molecule has 8 rings (SSSR count). The van der Waals surface area contributed by atoms with E-state index in [-0.39, 0.29) is 34.4 Å². The third-order valence-corrected chi connectivity index (χ3v) is 8.70. The highest BCUT2D eigenvalue weighted by Crippen LogP contribution is 2.40. The molecule has 50 heavy (non-hydrogen) atoms. The topological polar surface area (TPSA) is 257 Å². The van der Waals surface area contributed by atoms with Crippen LogP contribution in [0.4, 0.5) is 11.6 Å². The Morgan fingerprint density at radius 2 is 1.34 bits per heavy atom. The van der Waals surface area contributed by atoms with E-state index in [9.17, 15) is 10.2 Å². The lowest BCUT2D eigenvalue weighted by molar-refractivity contribution is -0.0384. The van der Waals surface area contributed by atoms with Crippen molar-refractivity contribution in [2.45, 2.75) is 76.7 Å². The first-order valence-electron chi connectivity index (χ1n) is 15.8. The van der Waals surface area contributed by atoms with Crippen molar-refractivity contribution in [2.24, 2.45) is 0 Å². The van der Waals surface area contributed by atoms with Gasteiger partial charge in [-0.3, -0.25) is 9.13 Å². The zero-order chi connectivity index (χ0) is 34.5. The second-order valence-electron chi connectivity index (χ2n) is 11.4. The van der Waals surface area contributed by atoms with Gasteiger partial charge in [0, 0.05) is 13.1 Å². The summed E-state index contributed by atoms with van der Waals surface area (Å²) in [6, 6.07) is 0. The molecule has 6 atom stereocenters. The number of tetrazole rings is 2. The Kier molecular flexibility index (Phi) is 8.56. The Morgan fingerprint density at radius 3 is 1.96 bits per heavy atom. The van der Waals surface area contributed by atoms with E-state index < -0.39 is 24.5 Å². The fraction of sp³-hybridized carbons (Fsp3) is 0.538. The Morgan fingerprint density at radius 1 is 0.760 bits per heavy atom. The number of ether oxygens (including phenoxy) is 2. The van der Waals surface area contributed by atoms with Crippen molar-refractivity contribution in [1.82, 2.24) is 79.5 Å². The molecule has 0 aromatic carbocycles. The molecule has 262 valence electrons. The van der Waals surface area contributed by atoms with E-state index in [1.54, 1.807) is 6.33 Å². The van der Waals surface area contributed by atoms with Gasteiger partial charge in [-0.25, -0.2) is 9.97 Å². The molecule has 4 N–H and O–H groups in total. The largest absolute Gasteiger partial charge is 0.387 e. The van der Waals surface area contributed by atoms with E-state index in [1.807, 2.05) is 18.4 Å². The summed E-state index contributed by atoms with van der Waals surface area (Å²) in [7, 11) is 0. The van der Waals surface area contributed by atoms with Crippen LogP contribution in [0.25, 0.3) is 22.3 Å². The highest BCUT2D eigenvalue weighted by Gasteiger charge is 2.47. The number of anilines is 2. The maximum atomic E-state index is 10.9. The summed E-state index contributed by atoms with van der Waals surface area (Å²) >= 11 is 12.6. The lowest BCUT2D eigenvalue weighted by atomic mass is 10.1. The summed E-state index contributed by atoms with van der Waals surface area (Å²) in [5.74, 6) is 1.47. The summed E-state index contributed by atoms with van der Waals surface area (Å²) in [4.78, 5) is 29.3. The third-order valence-electron chi connectivity index (χ3n) is 8.36. The third kappa shape index (κ3) is 5.82. The highest BCUT2D eigenvalue weighted by atomic mass is 35.5. The van der Waals surface area contributed by atoms with Crippen LogP contribution in [0, 0.1) is 0 Å². The zero-order valence-corrected chi connectivity index (χ0v) is 28.0. The Hall–Kier alpha value is -4.74. The average Bonchev–Trinajstić information content (AvgIpc) is 3.96. The maximum Gasteiger partial charge on any atom is 0.226 e. The van der Waals surface area contributed by atoms with Crippen LogP contribution in [0.15, 0.2) is 12.7 Å². The minimum atomic E-state index is -1.35. The Bertz CT molecular complexity index is 2150. The van der Waals surface area contributed by atoms with Gasteiger partial charge in [-0.1, -0.05) is 0 Å². The number of nitrogens with one attached hydrogen (secondary N) is 2. The molecule has 0 aliphatic carbocycles. The predicted octanol–water partition coefficient (Wildman–Crippen LogP) is 0.852. The van der Waals surface area contributed by atoms with E-state index in [2.05, 4.69) is 71.4 Å². The minimum absolute atomic E-state index is 0.0427. The van der Waals surface area contributed by atoms with Crippen LogP contribution in [0.3, 0.4) is 0 Å². The number of imidazole rings is 2. The van der Waals surface area contributed by atoms with Gasteiger partial charge in [-0.15, -0.1) is 20.4 Å². The molecule has 0 spiro atoms. The zero-order valence-electron chi connectivity index (χ0n) is 26.5. The van der Waals surface area contributed by atoms with E-state index in [0.717, 1.165) is 0 Å². The van der Waals surface area contributed by atoms with Crippen LogP contribution < -0.4 is 10.6 Å². The minimum Gasteiger partial charge on any atom is -0.387 e. The Labute approximate surface area is 291 Å². The molecule has 2 fully saturated rings. The van der Waals surface area contributed by atoms with Gasteiger partial charge in [0.2, 0.25) is 22.2 Å². The number of hydrogen-bond donors (Lipinski definition) is 4. The summed E-state index contributed by atoms with van der Waals surface area (Å²) in [6.07, 6.45) is -0.904. The van der Waals surface area contributed by atoms with Crippen LogP contribution in [-0.4, -0.2) is 115 Å². The number of aryl methyl sites for hydroxylation is 2. The molecule has 0 bridgehead atoms. The van der Waals surface area contributed by atoms with Gasteiger partial charge in [0.1, 0.15) is 24.5 Å². The molecule has 0 saturated carbocycles. The van der Waals surface area contributed by atoms with E-state index >= 15 is 0 Å². The van der Waals surface area contributed by atoms with Crippen LogP contribution in [0.5, 0.6) is 0 Å². The van der Waals surface area contributed by atoms with E-state index in [4.69, 9.17) is 32.7 Å². The van der Waals surface area contributed by atoms with Crippen molar-refractivity contribution < 1.29 is 19.7 Å². The van der Waals surface area contributed by atoms with Gasteiger partial charge < -0.3 is 30.3 Å². The fourth-order valence-electron chi connectivity index (χ4n) is 5.92. The monoisotopic (exact) mass is 728 g/mol. The first-order valence-corrected chi connectivity index (χ1v) is 16.6. The highest BCUT2D eigenvalue weighted by molar-refractivity contribution is 6.29. The molecule has 0 radical (unpaired) electrons. The number of aliphatic hydroxyl groups excluding tert-OH is 2. The molecule has 6 aromatic heterocycles. The van der Waals surface area contributed by atoms with Crippen LogP contribution in [0.2, 0.25) is 10.6 Å². The summed E-state index contributed by atoms with van der Waals surface area (Å²) in [5, 5.41) is 52.6. The van der Waals surface area contributed by atoms with Crippen molar-refractivity contribution >= 4 is 57.2 Å². The van der Waals surface area contributed by atoms with Crippen molar-refractivity contribution in [2.75, 3.05) is 23.7 Å². The predicted molar refractivity (Wildman–Crippen MR) is 172 cm³/mol. The fourth-order valence-corrected chi connectivity index (χ4v) is 6.25. The molecule has 0 amide bonds. The molecule has 6 aromatic rings. The van der Waals surface area contributed by atoms with Crippen LogP contribution in [-0.2, 0) is 22.6 Å². The Balaban J connectivity index is 0.948. The van der Waals surface area contributed by atoms with Gasteiger partial charge in [0.05, 0.1) is 25.7 Å². The molecular weight excluding hydrogens is 699 g/mol. The first kappa shape index (κ1) is 32.5. The number of aromatic nitrogens is 16.